The van der Waals surface area contributed by atoms with Crippen molar-refractivity contribution in [3.63, 3.8) is 0 Å². The summed E-state index contributed by atoms with van der Waals surface area (Å²) in [6, 6.07) is 3.69. The van der Waals surface area contributed by atoms with Crippen molar-refractivity contribution in [2.45, 2.75) is 6.92 Å². The molecule has 1 aromatic carbocycles. The molecule has 3 heteroatoms. The van der Waals surface area contributed by atoms with Crippen LogP contribution in [-0.2, 0) is 0 Å². The molecule has 0 spiro atoms. The maximum Gasteiger partial charge on any atom is 0.123 e. The van der Waals surface area contributed by atoms with E-state index in [-0.39, 0.29) is 0 Å². The molecule has 1 aromatic rings. The molecule has 0 saturated carbocycles. The molecule has 74 valence electrons. The Hall–Kier alpha value is -1.33. The molecule has 0 bridgehead atoms. The molecule has 0 amide bonds. The van der Waals surface area contributed by atoms with E-state index < -0.39 is 0 Å². The highest BCUT2D eigenvalue weighted by atomic mass is 35.5. The van der Waals surface area contributed by atoms with Gasteiger partial charge in [0.1, 0.15) is 5.75 Å². The third-order valence-electron chi connectivity index (χ3n) is 1.87. The number of benzene rings is 1. The van der Waals surface area contributed by atoms with E-state index in [1.54, 1.807) is 13.2 Å². The number of ether oxygens (including phenoxy) is 1. The summed E-state index contributed by atoms with van der Waals surface area (Å²) >= 11 is 6.00. The van der Waals surface area contributed by atoms with E-state index in [0.717, 1.165) is 17.0 Å². The largest absolute Gasteiger partial charge is 0.496 e. The van der Waals surface area contributed by atoms with Gasteiger partial charge in [-0.15, -0.1) is 6.42 Å². The van der Waals surface area contributed by atoms with Gasteiger partial charge in [0, 0.05) is 6.07 Å². The molecular formula is C11H12ClNO. The zero-order valence-corrected chi connectivity index (χ0v) is 8.98. The number of halogens is 1. The Morgan fingerprint density at radius 1 is 1.57 bits per heavy atom. The van der Waals surface area contributed by atoms with Crippen LogP contribution >= 0.6 is 11.6 Å². The molecular weight excluding hydrogens is 198 g/mol. The predicted octanol–water partition coefficient (Wildman–Crippen LogP) is 2.70. The van der Waals surface area contributed by atoms with E-state index in [1.165, 1.54) is 0 Å². The van der Waals surface area contributed by atoms with E-state index >= 15 is 0 Å². The Kier molecular flexibility index (Phi) is 3.67. The fourth-order valence-corrected chi connectivity index (χ4v) is 1.39. The standard InChI is InChI=1S/C11H12ClNO/c1-4-5-13-10-6-8(2)11(14-3)7-9(10)12/h1,6-7,13H,5H2,2-3H3. The van der Waals surface area contributed by atoms with Gasteiger partial charge in [0.05, 0.1) is 24.4 Å². The fraction of sp³-hybridized carbons (Fsp3) is 0.273. The molecule has 0 fully saturated rings. The summed E-state index contributed by atoms with van der Waals surface area (Å²) in [6.45, 7) is 2.42. The van der Waals surface area contributed by atoms with Crippen molar-refractivity contribution < 1.29 is 4.74 Å². The second-order valence-corrected chi connectivity index (χ2v) is 3.27. The van der Waals surface area contributed by atoms with Crippen LogP contribution in [0.5, 0.6) is 5.75 Å². The first-order valence-electron chi connectivity index (χ1n) is 4.20. The summed E-state index contributed by atoms with van der Waals surface area (Å²) < 4.78 is 5.13. The molecule has 1 N–H and O–H groups in total. The van der Waals surface area contributed by atoms with Gasteiger partial charge in [0.25, 0.3) is 0 Å². The maximum atomic E-state index is 6.00. The van der Waals surface area contributed by atoms with E-state index in [1.807, 2.05) is 13.0 Å². The Morgan fingerprint density at radius 3 is 2.86 bits per heavy atom. The lowest BCUT2D eigenvalue weighted by Gasteiger charge is -2.10. The maximum absolute atomic E-state index is 6.00. The Morgan fingerprint density at radius 2 is 2.29 bits per heavy atom. The van der Waals surface area contributed by atoms with E-state index in [4.69, 9.17) is 22.8 Å². The van der Waals surface area contributed by atoms with Gasteiger partial charge in [-0.1, -0.05) is 17.5 Å². The third-order valence-corrected chi connectivity index (χ3v) is 2.18. The number of nitrogens with one attached hydrogen (secondary N) is 1. The zero-order valence-electron chi connectivity index (χ0n) is 8.23. The van der Waals surface area contributed by atoms with E-state index in [0.29, 0.717) is 11.6 Å². The SMILES string of the molecule is C#CCNc1cc(C)c(OC)cc1Cl. The van der Waals surface area contributed by atoms with Crippen LogP contribution in [-0.4, -0.2) is 13.7 Å². The second-order valence-electron chi connectivity index (χ2n) is 2.86. The van der Waals surface area contributed by atoms with Gasteiger partial charge in [-0.2, -0.15) is 0 Å². The predicted molar refractivity (Wildman–Crippen MR) is 60.1 cm³/mol. The summed E-state index contributed by atoms with van der Waals surface area (Å²) in [7, 11) is 1.62. The molecule has 0 aliphatic carbocycles. The van der Waals surface area contributed by atoms with Gasteiger partial charge >= 0.3 is 0 Å². The first kappa shape index (κ1) is 10.7. The Balaban J connectivity index is 2.97. The van der Waals surface area contributed by atoms with Crippen LogP contribution in [0.2, 0.25) is 5.02 Å². The topological polar surface area (TPSA) is 21.3 Å². The average Bonchev–Trinajstić information content (AvgIpc) is 2.18. The van der Waals surface area contributed by atoms with Crippen LogP contribution in [0.15, 0.2) is 12.1 Å². The summed E-state index contributed by atoms with van der Waals surface area (Å²) in [4.78, 5) is 0. The molecule has 0 unspecified atom stereocenters. The summed E-state index contributed by atoms with van der Waals surface area (Å²) in [5.74, 6) is 3.27. The van der Waals surface area contributed by atoms with Gasteiger partial charge < -0.3 is 10.1 Å². The Bertz CT molecular complexity index is 368. The number of hydrogen-bond donors (Lipinski definition) is 1. The zero-order chi connectivity index (χ0) is 10.6. The summed E-state index contributed by atoms with van der Waals surface area (Å²) in [6.07, 6.45) is 5.14. The van der Waals surface area contributed by atoms with Crippen molar-refractivity contribution in [2.75, 3.05) is 19.0 Å². The van der Waals surface area contributed by atoms with E-state index in [9.17, 15) is 0 Å². The molecule has 14 heavy (non-hydrogen) atoms. The lowest BCUT2D eigenvalue weighted by atomic mass is 10.2. The highest BCUT2D eigenvalue weighted by molar-refractivity contribution is 6.33. The Labute approximate surface area is 89.2 Å². The minimum absolute atomic E-state index is 0.464. The summed E-state index contributed by atoms with van der Waals surface area (Å²) in [5.41, 5.74) is 1.86. The molecule has 0 saturated heterocycles. The smallest absolute Gasteiger partial charge is 0.123 e. The fourth-order valence-electron chi connectivity index (χ4n) is 1.16. The normalized spacial score (nSPS) is 9.29. The van der Waals surface area contributed by atoms with E-state index in [2.05, 4.69) is 11.2 Å². The lowest BCUT2D eigenvalue weighted by Crippen LogP contribution is -2.00. The minimum atomic E-state index is 0.464. The van der Waals surface area contributed by atoms with Crippen molar-refractivity contribution in [3.8, 4) is 18.1 Å². The first-order valence-corrected chi connectivity index (χ1v) is 4.58. The molecule has 0 radical (unpaired) electrons. The molecule has 0 heterocycles. The van der Waals surface area contributed by atoms with Crippen molar-refractivity contribution in [2.24, 2.45) is 0 Å². The first-order chi connectivity index (χ1) is 6.69. The second kappa shape index (κ2) is 4.78. The van der Waals surface area contributed by atoms with Crippen LogP contribution in [0, 0.1) is 19.3 Å². The van der Waals surface area contributed by atoms with Crippen molar-refractivity contribution in [3.05, 3.63) is 22.7 Å². The number of aryl methyl sites for hydroxylation is 1. The molecule has 0 aliphatic heterocycles. The quantitative estimate of drug-likeness (QED) is 0.773. The lowest BCUT2D eigenvalue weighted by molar-refractivity contribution is 0.412. The number of rotatable bonds is 3. The van der Waals surface area contributed by atoms with Gasteiger partial charge in [0.15, 0.2) is 0 Å². The van der Waals surface area contributed by atoms with Crippen molar-refractivity contribution >= 4 is 17.3 Å². The third kappa shape index (κ3) is 2.34. The number of terminal acetylenes is 1. The van der Waals surface area contributed by atoms with Crippen molar-refractivity contribution in [1.29, 1.82) is 0 Å². The molecule has 0 atom stereocenters. The van der Waals surface area contributed by atoms with Crippen LogP contribution < -0.4 is 10.1 Å². The minimum Gasteiger partial charge on any atom is -0.496 e. The number of methoxy groups -OCH3 is 1. The molecule has 0 aromatic heterocycles. The molecule has 1 rings (SSSR count). The monoisotopic (exact) mass is 209 g/mol. The highest BCUT2D eigenvalue weighted by Crippen LogP contribution is 2.29. The number of anilines is 1. The number of hydrogen-bond acceptors (Lipinski definition) is 2. The van der Waals surface area contributed by atoms with Crippen LogP contribution in [0.1, 0.15) is 5.56 Å². The van der Waals surface area contributed by atoms with Gasteiger partial charge in [-0.05, 0) is 18.6 Å². The van der Waals surface area contributed by atoms with Gasteiger partial charge in [0.2, 0.25) is 0 Å². The molecule has 2 nitrogen and oxygen atoms in total. The molecule has 0 aliphatic rings. The van der Waals surface area contributed by atoms with Crippen LogP contribution in [0.25, 0.3) is 0 Å². The summed E-state index contributed by atoms with van der Waals surface area (Å²) in [5, 5.41) is 3.64. The average molecular weight is 210 g/mol. The van der Waals surface area contributed by atoms with Gasteiger partial charge in [-0.3, -0.25) is 0 Å². The van der Waals surface area contributed by atoms with Crippen LogP contribution in [0.4, 0.5) is 5.69 Å². The highest BCUT2D eigenvalue weighted by Gasteiger charge is 2.04. The van der Waals surface area contributed by atoms with Gasteiger partial charge in [-0.25, -0.2) is 0 Å². The van der Waals surface area contributed by atoms with Crippen LogP contribution in [0.3, 0.4) is 0 Å². The van der Waals surface area contributed by atoms with Crippen molar-refractivity contribution in [1.82, 2.24) is 0 Å².